The highest BCUT2D eigenvalue weighted by Crippen LogP contribution is 2.27. The monoisotopic (exact) mass is 330 g/mol. The Morgan fingerprint density at radius 3 is 2.78 bits per heavy atom. The van der Waals surface area contributed by atoms with Gasteiger partial charge in [-0.05, 0) is 32.9 Å². The maximum absolute atomic E-state index is 12.4. The topological polar surface area (TPSA) is 73.0 Å². The highest BCUT2D eigenvalue weighted by atomic mass is 32.2. The van der Waals surface area contributed by atoms with Crippen LogP contribution in [-0.4, -0.2) is 25.9 Å². The van der Waals surface area contributed by atoms with Gasteiger partial charge >= 0.3 is 0 Å². The number of amides is 1. The molecule has 3 aromatic rings. The lowest BCUT2D eigenvalue weighted by atomic mass is 10.3. The van der Waals surface area contributed by atoms with Gasteiger partial charge in [-0.2, -0.15) is 5.10 Å². The first-order chi connectivity index (χ1) is 11.0. The van der Waals surface area contributed by atoms with Crippen LogP contribution in [0.15, 0.2) is 46.2 Å². The maximum atomic E-state index is 12.4. The predicted molar refractivity (Wildman–Crippen MR) is 90.6 cm³/mol. The molecule has 1 aromatic carbocycles. The molecule has 1 N–H and O–H groups in total. The fourth-order valence-electron chi connectivity index (χ4n) is 2.16. The van der Waals surface area contributed by atoms with E-state index in [9.17, 15) is 4.79 Å². The van der Waals surface area contributed by atoms with Gasteiger partial charge in [-0.15, -0.1) is 0 Å². The van der Waals surface area contributed by atoms with Gasteiger partial charge in [0.1, 0.15) is 11.3 Å². The number of nitrogens with zero attached hydrogens (tertiary/aromatic N) is 3. The summed E-state index contributed by atoms with van der Waals surface area (Å²) < 4.78 is 7.41. The number of para-hydroxylation sites is 2. The summed E-state index contributed by atoms with van der Waals surface area (Å²) in [5, 5.41) is 7.26. The zero-order valence-corrected chi connectivity index (χ0v) is 14.0. The second-order valence-corrected chi connectivity index (χ2v) is 6.74. The molecule has 0 spiro atoms. The summed E-state index contributed by atoms with van der Waals surface area (Å²) in [4.78, 5) is 16.7. The van der Waals surface area contributed by atoms with Gasteiger partial charge in [0.05, 0.1) is 11.4 Å². The predicted octanol–water partition coefficient (Wildman–Crippen LogP) is 3.72. The molecule has 0 bridgehead atoms. The number of carbonyl (C=O) groups excluding carboxylic acids is 1. The average molecular weight is 330 g/mol. The summed E-state index contributed by atoms with van der Waals surface area (Å²) in [6.45, 7) is 5.85. The standard InChI is InChI=1S/C16H18N4O2S/c1-10(2)20-14(8-9-17-20)19-15(21)11(3)23-16-18-12-6-4-5-7-13(12)22-16/h4-11H,1-3H3,(H,19,21)/t11-/m0/s1. The average Bonchev–Trinajstić information content (AvgIpc) is 3.12. The summed E-state index contributed by atoms with van der Waals surface area (Å²) in [7, 11) is 0. The molecule has 0 aliphatic carbocycles. The van der Waals surface area contributed by atoms with Crippen LogP contribution in [0, 0.1) is 0 Å². The Bertz CT molecular complexity index is 791. The van der Waals surface area contributed by atoms with Crippen molar-refractivity contribution in [3.63, 3.8) is 0 Å². The lowest BCUT2D eigenvalue weighted by molar-refractivity contribution is -0.115. The first-order valence-electron chi connectivity index (χ1n) is 7.41. The van der Waals surface area contributed by atoms with Crippen molar-refractivity contribution in [2.75, 3.05) is 5.32 Å². The zero-order valence-electron chi connectivity index (χ0n) is 13.2. The third kappa shape index (κ3) is 3.39. The second-order valence-electron chi connectivity index (χ2n) is 5.45. The smallest absolute Gasteiger partial charge is 0.257 e. The van der Waals surface area contributed by atoms with Gasteiger partial charge in [0.25, 0.3) is 5.22 Å². The van der Waals surface area contributed by atoms with E-state index in [1.807, 2.05) is 45.0 Å². The molecule has 3 rings (SSSR count). The minimum absolute atomic E-state index is 0.111. The number of rotatable bonds is 5. The van der Waals surface area contributed by atoms with Crippen molar-refractivity contribution < 1.29 is 9.21 Å². The van der Waals surface area contributed by atoms with Gasteiger partial charge in [-0.1, -0.05) is 23.9 Å². The molecule has 1 amide bonds. The Balaban J connectivity index is 1.68. The third-order valence-corrected chi connectivity index (χ3v) is 4.28. The molecule has 0 aliphatic rings. The fraction of sp³-hybridized carbons (Fsp3) is 0.312. The Labute approximate surface area is 138 Å². The van der Waals surface area contributed by atoms with E-state index in [1.165, 1.54) is 11.8 Å². The van der Waals surface area contributed by atoms with E-state index in [4.69, 9.17) is 4.42 Å². The summed E-state index contributed by atoms with van der Waals surface area (Å²) in [5.74, 6) is 0.578. The van der Waals surface area contributed by atoms with Gasteiger partial charge in [-0.25, -0.2) is 9.67 Å². The van der Waals surface area contributed by atoms with Crippen molar-refractivity contribution in [1.82, 2.24) is 14.8 Å². The lowest BCUT2D eigenvalue weighted by Gasteiger charge is -2.13. The van der Waals surface area contributed by atoms with E-state index in [0.717, 1.165) is 11.1 Å². The molecule has 0 saturated heterocycles. The molecule has 0 saturated carbocycles. The molecule has 1 atom stereocenters. The third-order valence-electron chi connectivity index (χ3n) is 3.33. The van der Waals surface area contributed by atoms with Crippen LogP contribution in [0.5, 0.6) is 0 Å². The second kappa shape index (κ2) is 6.45. The summed E-state index contributed by atoms with van der Waals surface area (Å²) in [5.41, 5.74) is 1.51. The van der Waals surface area contributed by atoms with Crippen LogP contribution >= 0.6 is 11.8 Å². The van der Waals surface area contributed by atoms with Crippen molar-refractivity contribution in [3.05, 3.63) is 36.5 Å². The number of hydrogen-bond donors (Lipinski definition) is 1. The zero-order chi connectivity index (χ0) is 16.4. The Morgan fingerprint density at radius 2 is 2.04 bits per heavy atom. The number of anilines is 1. The molecule has 0 unspecified atom stereocenters. The highest BCUT2D eigenvalue weighted by Gasteiger charge is 2.19. The van der Waals surface area contributed by atoms with Crippen molar-refractivity contribution >= 4 is 34.6 Å². The van der Waals surface area contributed by atoms with Crippen LogP contribution in [0.4, 0.5) is 5.82 Å². The van der Waals surface area contributed by atoms with E-state index < -0.39 is 0 Å². The van der Waals surface area contributed by atoms with Crippen LogP contribution < -0.4 is 5.32 Å². The first-order valence-corrected chi connectivity index (χ1v) is 8.29. The SMILES string of the molecule is CC(C)n1nccc1NC(=O)[C@H](C)Sc1nc2ccccc2o1. The molecule has 7 heteroatoms. The molecular formula is C16H18N4O2S. The van der Waals surface area contributed by atoms with Gasteiger partial charge < -0.3 is 9.73 Å². The van der Waals surface area contributed by atoms with Crippen molar-refractivity contribution in [3.8, 4) is 0 Å². The quantitative estimate of drug-likeness (QED) is 0.722. The van der Waals surface area contributed by atoms with E-state index in [2.05, 4.69) is 15.4 Å². The number of nitrogens with one attached hydrogen (secondary N) is 1. The Kier molecular flexibility index (Phi) is 4.38. The van der Waals surface area contributed by atoms with E-state index >= 15 is 0 Å². The van der Waals surface area contributed by atoms with Gasteiger partial charge in [-0.3, -0.25) is 4.79 Å². The molecule has 2 heterocycles. The molecule has 0 radical (unpaired) electrons. The van der Waals surface area contributed by atoms with Crippen molar-refractivity contribution in [1.29, 1.82) is 0 Å². The maximum Gasteiger partial charge on any atom is 0.257 e. The largest absolute Gasteiger partial charge is 0.431 e. The van der Waals surface area contributed by atoms with Crippen LogP contribution in [0.25, 0.3) is 11.1 Å². The number of fused-ring (bicyclic) bond motifs is 1. The van der Waals surface area contributed by atoms with Gasteiger partial charge in [0, 0.05) is 12.1 Å². The summed E-state index contributed by atoms with van der Waals surface area (Å²) in [6, 6.07) is 9.51. The van der Waals surface area contributed by atoms with Gasteiger partial charge in [0.2, 0.25) is 5.91 Å². The first kappa shape index (κ1) is 15.6. The van der Waals surface area contributed by atoms with Crippen molar-refractivity contribution in [2.45, 2.75) is 37.3 Å². The summed E-state index contributed by atoms with van der Waals surface area (Å²) in [6.07, 6.45) is 1.67. The number of carbonyl (C=O) groups is 1. The van der Waals surface area contributed by atoms with Gasteiger partial charge in [0.15, 0.2) is 5.58 Å². The molecule has 6 nitrogen and oxygen atoms in total. The minimum Gasteiger partial charge on any atom is -0.431 e. The molecule has 0 aliphatic heterocycles. The van der Waals surface area contributed by atoms with Crippen molar-refractivity contribution in [2.24, 2.45) is 0 Å². The summed E-state index contributed by atoms with van der Waals surface area (Å²) >= 11 is 1.29. The fourth-order valence-corrected chi connectivity index (χ4v) is 2.92. The number of oxazole rings is 1. The highest BCUT2D eigenvalue weighted by molar-refractivity contribution is 8.00. The molecule has 2 aromatic heterocycles. The van der Waals surface area contributed by atoms with E-state index in [0.29, 0.717) is 11.0 Å². The van der Waals surface area contributed by atoms with Crippen LogP contribution in [0.2, 0.25) is 0 Å². The minimum atomic E-state index is -0.335. The molecular weight excluding hydrogens is 312 g/mol. The number of benzene rings is 1. The van der Waals surface area contributed by atoms with Crippen LogP contribution in [0.3, 0.4) is 0 Å². The number of hydrogen-bond acceptors (Lipinski definition) is 5. The van der Waals surface area contributed by atoms with Crippen LogP contribution in [0.1, 0.15) is 26.8 Å². The normalized spacial score (nSPS) is 12.7. The number of aromatic nitrogens is 3. The van der Waals surface area contributed by atoms with E-state index in [1.54, 1.807) is 16.9 Å². The van der Waals surface area contributed by atoms with E-state index in [-0.39, 0.29) is 17.2 Å². The molecule has 23 heavy (non-hydrogen) atoms. The number of thioether (sulfide) groups is 1. The van der Waals surface area contributed by atoms with Crippen LogP contribution in [-0.2, 0) is 4.79 Å². The molecule has 120 valence electrons. The Hall–Kier alpha value is -2.28. The Morgan fingerprint density at radius 1 is 1.26 bits per heavy atom. The molecule has 0 fully saturated rings. The lowest BCUT2D eigenvalue weighted by Crippen LogP contribution is -2.24.